The Hall–Kier alpha value is -1.60. The Kier molecular flexibility index (Phi) is 3.51. The van der Waals surface area contributed by atoms with Crippen molar-refractivity contribution in [1.29, 1.82) is 5.26 Å². The minimum absolute atomic E-state index is 0.0197. The molecule has 1 aromatic rings. The van der Waals surface area contributed by atoms with Crippen LogP contribution in [0.1, 0.15) is 24.2 Å². The van der Waals surface area contributed by atoms with Crippen LogP contribution in [-0.2, 0) is 0 Å². The van der Waals surface area contributed by atoms with E-state index in [4.69, 9.17) is 16.9 Å². The normalized spacial score (nSPS) is 10.7. The molecule has 0 bridgehead atoms. The fourth-order valence-corrected chi connectivity index (χ4v) is 1.34. The summed E-state index contributed by atoms with van der Waals surface area (Å²) in [5.74, 6) is -1.41. The molecular formula is C11H10ClFN2O. The molecule has 3 nitrogen and oxygen atoms in total. The zero-order valence-electron chi connectivity index (χ0n) is 8.84. The van der Waals surface area contributed by atoms with Crippen LogP contribution in [0.4, 0.5) is 4.39 Å². The smallest absolute Gasteiger partial charge is 0.257 e. The van der Waals surface area contributed by atoms with Crippen molar-refractivity contribution in [3.8, 4) is 6.07 Å². The molecule has 0 spiro atoms. The summed E-state index contributed by atoms with van der Waals surface area (Å²) in [5, 5.41) is 11.1. The molecule has 1 aromatic carbocycles. The fourth-order valence-electron chi connectivity index (χ4n) is 1.09. The third kappa shape index (κ3) is 2.71. The SMILES string of the molecule is CC(C)(C#N)NC(=O)c1c(F)cccc1Cl. The number of hydrogen-bond acceptors (Lipinski definition) is 2. The lowest BCUT2D eigenvalue weighted by Gasteiger charge is -2.18. The Balaban J connectivity index is 3.04. The molecule has 0 fully saturated rings. The summed E-state index contributed by atoms with van der Waals surface area (Å²) >= 11 is 5.71. The van der Waals surface area contributed by atoms with Crippen LogP contribution < -0.4 is 5.32 Å². The number of nitrogens with zero attached hydrogens (tertiary/aromatic N) is 1. The number of halogens is 2. The van der Waals surface area contributed by atoms with E-state index >= 15 is 0 Å². The molecule has 1 rings (SSSR count). The van der Waals surface area contributed by atoms with Gasteiger partial charge in [-0.3, -0.25) is 4.79 Å². The van der Waals surface area contributed by atoms with Gasteiger partial charge in [0.2, 0.25) is 0 Å². The van der Waals surface area contributed by atoms with Gasteiger partial charge in [-0.05, 0) is 26.0 Å². The van der Waals surface area contributed by atoms with E-state index < -0.39 is 17.3 Å². The molecule has 0 aromatic heterocycles. The van der Waals surface area contributed by atoms with E-state index in [0.29, 0.717) is 0 Å². The van der Waals surface area contributed by atoms with Gasteiger partial charge in [-0.25, -0.2) is 4.39 Å². The van der Waals surface area contributed by atoms with Gasteiger partial charge in [-0.15, -0.1) is 0 Å². The molecule has 0 heterocycles. The first-order valence-corrected chi connectivity index (χ1v) is 4.93. The molecule has 0 atom stereocenters. The second-order valence-electron chi connectivity index (χ2n) is 3.79. The van der Waals surface area contributed by atoms with Gasteiger partial charge in [0.15, 0.2) is 0 Å². The lowest BCUT2D eigenvalue weighted by molar-refractivity contribution is 0.0925. The lowest BCUT2D eigenvalue weighted by Crippen LogP contribution is -2.42. The Morgan fingerprint density at radius 3 is 2.69 bits per heavy atom. The van der Waals surface area contributed by atoms with E-state index in [2.05, 4.69) is 5.32 Å². The highest BCUT2D eigenvalue weighted by Gasteiger charge is 2.23. The van der Waals surface area contributed by atoms with E-state index in [1.807, 2.05) is 6.07 Å². The van der Waals surface area contributed by atoms with Crippen LogP contribution in [0, 0.1) is 17.1 Å². The second-order valence-corrected chi connectivity index (χ2v) is 4.19. The summed E-state index contributed by atoms with van der Waals surface area (Å²) in [6.07, 6.45) is 0. The standard InChI is InChI=1S/C11H10ClFN2O/c1-11(2,6-14)15-10(16)9-7(12)4-3-5-8(9)13/h3-5H,1-2H3,(H,15,16). The largest absolute Gasteiger partial charge is 0.334 e. The lowest BCUT2D eigenvalue weighted by atomic mass is 10.1. The van der Waals surface area contributed by atoms with E-state index in [9.17, 15) is 9.18 Å². The maximum absolute atomic E-state index is 13.4. The molecule has 0 aliphatic rings. The van der Waals surface area contributed by atoms with Crippen molar-refractivity contribution in [2.24, 2.45) is 0 Å². The Morgan fingerprint density at radius 1 is 1.56 bits per heavy atom. The maximum atomic E-state index is 13.4. The van der Waals surface area contributed by atoms with Crippen molar-refractivity contribution in [2.75, 3.05) is 0 Å². The maximum Gasteiger partial charge on any atom is 0.257 e. The minimum Gasteiger partial charge on any atom is -0.334 e. The van der Waals surface area contributed by atoms with E-state index in [1.165, 1.54) is 26.0 Å². The minimum atomic E-state index is -1.07. The molecule has 0 saturated heterocycles. The third-order valence-electron chi connectivity index (χ3n) is 1.90. The van der Waals surface area contributed by atoms with Crippen molar-refractivity contribution in [3.05, 3.63) is 34.6 Å². The second kappa shape index (κ2) is 4.50. The first kappa shape index (κ1) is 12.5. The van der Waals surface area contributed by atoms with Gasteiger partial charge >= 0.3 is 0 Å². The highest BCUT2D eigenvalue weighted by atomic mass is 35.5. The topological polar surface area (TPSA) is 52.9 Å². The molecule has 1 amide bonds. The summed E-state index contributed by atoms with van der Waals surface area (Å²) in [4.78, 5) is 11.7. The van der Waals surface area contributed by atoms with Crippen molar-refractivity contribution >= 4 is 17.5 Å². The van der Waals surface area contributed by atoms with Crippen molar-refractivity contribution < 1.29 is 9.18 Å². The molecular weight excluding hydrogens is 231 g/mol. The van der Waals surface area contributed by atoms with Gasteiger partial charge in [0, 0.05) is 0 Å². The summed E-state index contributed by atoms with van der Waals surface area (Å²) in [7, 11) is 0. The molecule has 5 heteroatoms. The van der Waals surface area contributed by atoms with Crippen molar-refractivity contribution in [2.45, 2.75) is 19.4 Å². The molecule has 0 aliphatic carbocycles. The predicted octanol–water partition coefficient (Wildman–Crippen LogP) is 2.51. The molecule has 0 unspecified atom stereocenters. The molecule has 1 N–H and O–H groups in total. The van der Waals surface area contributed by atoms with Crippen LogP contribution in [0.2, 0.25) is 5.02 Å². The van der Waals surface area contributed by atoms with Crippen LogP contribution >= 0.6 is 11.6 Å². The van der Waals surface area contributed by atoms with Gasteiger partial charge in [0.05, 0.1) is 16.7 Å². The summed E-state index contributed by atoms with van der Waals surface area (Å²) in [6.45, 7) is 3.03. The third-order valence-corrected chi connectivity index (χ3v) is 2.21. The van der Waals surface area contributed by atoms with Crippen LogP contribution in [0.15, 0.2) is 18.2 Å². The number of hydrogen-bond donors (Lipinski definition) is 1. The van der Waals surface area contributed by atoms with Crippen LogP contribution in [-0.4, -0.2) is 11.4 Å². The molecule has 0 radical (unpaired) electrons. The number of nitrogens with one attached hydrogen (secondary N) is 1. The van der Waals surface area contributed by atoms with Gasteiger partial charge in [0.25, 0.3) is 5.91 Å². The average molecular weight is 241 g/mol. The summed E-state index contributed by atoms with van der Waals surface area (Å²) < 4.78 is 13.4. The quantitative estimate of drug-likeness (QED) is 0.864. The van der Waals surface area contributed by atoms with Gasteiger partial charge in [0.1, 0.15) is 11.4 Å². The van der Waals surface area contributed by atoms with Crippen molar-refractivity contribution in [1.82, 2.24) is 5.32 Å². The van der Waals surface area contributed by atoms with Gasteiger partial charge in [-0.1, -0.05) is 17.7 Å². The molecule has 0 aliphatic heterocycles. The Labute approximate surface area is 97.8 Å². The molecule has 84 valence electrons. The Bertz CT molecular complexity index is 445. The van der Waals surface area contributed by atoms with Crippen LogP contribution in [0.5, 0.6) is 0 Å². The first-order valence-electron chi connectivity index (χ1n) is 4.55. The number of amides is 1. The zero-order valence-corrected chi connectivity index (χ0v) is 9.60. The summed E-state index contributed by atoms with van der Waals surface area (Å²) in [6, 6.07) is 5.84. The number of benzene rings is 1. The zero-order chi connectivity index (χ0) is 12.3. The number of carbonyl (C=O) groups excluding carboxylic acids is 1. The molecule has 16 heavy (non-hydrogen) atoms. The number of carbonyl (C=O) groups is 1. The van der Waals surface area contributed by atoms with E-state index in [0.717, 1.165) is 6.07 Å². The van der Waals surface area contributed by atoms with E-state index in [1.54, 1.807) is 0 Å². The summed E-state index contributed by atoms with van der Waals surface area (Å²) in [5.41, 5.74) is -1.31. The van der Waals surface area contributed by atoms with E-state index in [-0.39, 0.29) is 10.6 Å². The predicted molar refractivity (Wildman–Crippen MR) is 58.6 cm³/mol. The monoisotopic (exact) mass is 240 g/mol. The van der Waals surface area contributed by atoms with Crippen LogP contribution in [0.3, 0.4) is 0 Å². The van der Waals surface area contributed by atoms with Crippen molar-refractivity contribution in [3.63, 3.8) is 0 Å². The van der Waals surface area contributed by atoms with Gasteiger partial charge in [-0.2, -0.15) is 5.26 Å². The number of rotatable bonds is 2. The average Bonchev–Trinajstić information content (AvgIpc) is 2.16. The number of nitriles is 1. The highest BCUT2D eigenvalue weighted by Crippen LogP contribution is 2.19. The van der Waals surface area contributed by atoms with Gasteiger partial charge < -0.3 is 5.32 Å². The molecule has 0 saturated carbocycles. The fraction of sp³-hybridized carbons (Fsp3) is 0.273. The Morgan fingerprint density at radius 2 is 2.19 bits per heavy atom. The highest BCUT2D eigenvalue weighted by molar-refractivity contribution is 6.33. The first-order chi connectivity index (χ1) is 7.37. The van der Waals surface area contributed by atoms with Crippen LogP contribution in [0.25, 0.3) is 0 Å².